The lowest BCUT2D eigenvalue weighted by Crippen LogP contribution is -2.36. The van der Waals surface area contributed by atoms with Crippen molar-refractivity contribution in [3.8, 4) is 0 Å². The van der Waals surface area contributed by atoms with Crippen molar-refractivity contribution in [1.29, 1.82) is 0 Å². The molecule has 0 heterocycles. The van der Waals surface area contributed by atoms with E-state index < -0.39 is 5.60 Å². The fraction of sp³-hybridized carbons (Fsp3) is 1.00. The summed E-state index contributed by atoms with van der Waals surface area (Å²) in [5.41, 5.74) is -0.725. The molecule has 1 N–H and O–H groups in total. The minimum atomic E-state index is -0.725. The highest BCUT2D eigenvalue weighted by atomic mass is 16.5. The van der Waals surface area contributed by atoms with Gasteiger partial charge >= 0.3 is 0 Å². The number of hydrogen-bond acceptors (Lipinski definition) is 2. The summed E-state index contributed by atoms with van der Waals surface area (Å²) in [5.74, 6) is 0.666. The molecule has 0 amide bonds. The van der Waals surface area contributed by atoms with E-state index in [1.165, 1.54) is 0 Å². The molecule has 0 bridgehead atoms. The summed E-state index contributed by atoms with van der Waals surface area (Å²) in [6, 6.07) is 0. The van der Waals surface area contributed by atoms with Crippen LogP contribution in [0.15, 0.2) is 0 Å². The second-order valence-electron chi connectivity index (χ2n) is 4.35. The van der Waals surface area contributed by atoms with E-state index in [0.29, 0.717) is 5.92 Å². The summed E-state index contributed by atoms with van der Waals surface area (Å²) < 4.78 is 5.47. The standard InChI is InChI=1S/C10H22O2/c1-8(2)6-7-12-9(3)10(4,5)11/h8-9,11H,6-7H2,1-5H3. The highest BCUT2D eigenvalue weighted by Crippen LogP contribution is 2.12. The van der Waals surface area contributed by atoms with Crippen LogP contribution in [-0.2, 0) is 4.74 Å². The molecule has 0 fully saturated rings. The van der Waals surface area contributed by atoms with Gasteiger partial charge in [0.05, 0.1) is 11.7 Å². The Morgan fingerprint density at radius 3 is 2.08 bits per heavy atom. The molecule has 2 heteroatoms. The van der Waals surface area contributed by atoms with Gasteiger partial charge in [0.1, 0.15) is 0 Å². The van der Waals surface area contributed by atoms with Crippen molar-refractivity contribution in [2.24, 2.45) is 5.92 Å². The smallest absolute Gasteiger partial charge is 0.0849 e. The molecule has 0 radical (unpaired) electrons. The normalized spacial score (nSPS) is 15.2. The van der Waals surface area contributed by atoms with Gasteiger partial charge < -0.3 is 9.84 Å². The molecule has 12 heavy (non-hydrogen) atoms. The topological polar surface area (TPSA) is 29.5 Å². The second kappa shape index (κ2) is 4.83. The largest absolute Gasteiger partial charge is 0.388 e. The van der Waals surface area contributed by atoms with E-state index in [1.807, 2.05) is 6.92 Å². The molecule has 0 aliphatic heterocycles. The van der Waals surface area contributed by atoms with E-state index in [0.717, 1.165) is 13.0 Å². The summed E-state index contributed by atoms with van der Waals surface area (Å²) >= 11 is 0. The van der Waals surface area contributed by atoms with Crippen LogP contribution in [0.25, 0.3) is 0 Å². The van der Waals surface area contributed by atoms with Crippen molar-refractivity contribution < 1.29 is 9.84 Å². The molecule has 2 nitrogen and oxygen atoms in total. The number of ether oxygens (including phenoxy) is 1. The molecule has 0 saturated heterocycles. The van der Waals surface area contributed by atoms with Gasteiger partial charge in [0, 0.05) is 6.61 Å². The third kappa shape index (κ3) is 5.56. The van der Waals surface area contributed by atoms with Crippen molar-refractivity contribution in [3.05, 3.63) is 0 Å². The first-order chi connectivity index (χ1) is 5.34. The summed E-state index contributed by atoms with van der Waals surface area (Å²) in [6.07, 6.45) is 0.969. The Hall–Kier alpha value is -0.0800. The lowest BCUT2D eigenvalue weighted by atomic mass is 10.0. The Bertz CT molecular complexity index is 113. The molecular weight excluding hydrogens is 152 g/mol. The molecule has 1 unspecified atom stereocenters. The van der Waals surface area contributed by atoms with Crippen molar-refractivity contribution in [2.75, 3.05) is 6.61 Å². The molecule has 74 valence electrons. The van der Waals surface area contributed by atoms with Crippen molar-refractivity contribution in [2.45, 2.75) is 52.7 Å². The fourth-order valence-corrected chi connectivity index (χ4v) is 0.684. The van der Waals surface area contributed by atoms with Gasteiger partial charge in [-0.3, -0.25) is 0 Å². The number of aliphatic hydroxyl groups is 1. The zero-order chi connectivity index (χ0) is 9.78. The van der Waals surface area contributed by atoms with Gasteiger partial charge in [-0.05, 0) is 33.1 Å². The van der Waals surface area contributed by atoms with E-state index in [2.05, 4.69) is 13.8 Å². The molecule has 1 atom stereocenters. The van der Waals surface area contributed by atoms with Crippen LogP contribution in [0, 0.1) is 5.92 Å². The average Bonchev–Trinajstić information content (AvgIpc) is 1.84. The van der Waals surface area contributed by atoms with Crippen LogP contribution >= 0.6 is 0 Å². The van der Waals surface area contributed by atoms with Crippen LogP contribution in [0.1, 0.15) is 41.0 Å². The average molecular weight is 174 g/mol. The van der Waals surface area contributed by atoms with Crippen LogP contribution in [0.3, 0.4) is 0 Å². The van der Waals surface area contributed by atoms with Crippen molar-refractivity contribution in [3.63, 3.8) is 0 Å². The molecule has 0 spiro atoms. The molecule has 0 aromatic heterocycles. The van der Waals surface area contributed by atoms with E-state index in [4.69, 9.17) is 4.74 Å². The lowest BCUT2D eigenvalue weighted by Gasteiger charge is -2.26. The number of hydrogen-bond donors (Lipinski definition) is 1. The van der Waals surface area contributed by atoms with Crippen LogP contribution in [0.4, 0.5) is 0 Å². The Morgan fingerprint density at radius 2 is 1.75 bits per heavy atom. The third-order valence-corrected chi connectivity index (χ3v) is 2.06. The highest BCUT2D eigenvalue weighted by Gasteiger charge is 2.22. The highest BCUT2D eigenvalue weighted by molar-refractivity contribution is 4.73. The third-order valence-electron chi connectivity index (χ3n) is 2.06. The Balaban J connectivity index is 3.51. The SMILES string of the molecule is CC(C)CCOC(C)C(C)(C)O. The molecular formula is C10H22O2. The van der Waals surface area contributed by atoms with E-state index in [1.54, 1.807) is 13.8 Å². The first-order valence-corrected chi connectivity index (χ1v) is 4.68. The van der Waals surface area contributed by atoms with E-state index >= 15 is 0 Å². The Morgan fingerprint density at radius 1 is 1.25 bits per heavy atom. The van der Waals surface area contributed by atoms with Crippen molar-refractivity contribution in [1.82, 2.24) is 0 Å². The first kappa shape index (κ1) is 11.9. The van der Waals surface area contributed by atoms with Crippen LogP contribution in [0.5, 0.6) is 0 Å². The summed E-state index contributed by atoms with van der Waals surface area (Å²) in [7, 11) is 0. The molecule has 0 aliphatic rings. The molecule has 0 aliphatic carbocycles. The maximum Gasteiger partial charge on any atom is 0.0849 e. The molecule has 0 aromatic carbocycles. The molecule has 0 saturated carbocycles. The quantitative estimate of drug-likeness (QED) is 0.692. The Kier molecular flexibility index (Phi) is 4.80. The van der Waals surface area contributed by atoms with Crippen molar-refractivity contribution >= 4 is 0 Å². The summed E-state index contributed by atoms with van der Waals surface area (Å²) in [5, 5.41) is 9.53. The van der Waals surface area contributed by atoms with Gasteiger partial charge in [0.15, 0.2) is 0 Å². The van der Waals surface area contributed by atoms with Crippen LogP contribution in [0.2, 0.25) is 0 Å². The first-order valence-electron chi connectivity index (χ1n) is 4.68. The fourth-order valence-electron chi connectivity index (χ4n) is 0.684. The molecule has 0 aromatic rings. The maximum atomic E-state index is 9.53. The van der Waals surface area contributed by atoms with Gasteiger partial charge in [0.25, 0.3) is 0 Å². The zero-order valence-corrected chi connectivity index (χ0v) is 8.92. The second-order valence-corrected chi connectivity index (χ2v) is 4.35. The predicted octanol–water partition coefficient (Wildman–Crippen LogP) is 2.21. The maximum absolute atomic E-state index is 9.53. The van der Waals surface area contributed by atoms with Crippen LogP contribution < -0.4 is 0 Å². The predicted molar refractivity (Wildman–Crippen MR) is 51.2 cm³/mol. The number of rotatable bonds is 5. The van der Waals surface area contributed by atoms with Gasteiger partial charge in [-0.1, -0.05) is 13.8 Å². The lowest BCUT2D eigenvalue weighted by molar-refractivity contribution is -0.0804. The summed E-state index contributed by atoms with van der Waals surface area (Å²) in [6.45, 7) is 10.5. The molecule has 0 rings (SSSR count). The van der Waals surface area contributed by atoms with E-state index in [9.17, 15) is 5.11 Å². The van der Waals surface area contributed by atoms with Gasteiger partial charge in [-0.15, -0.1) is 0 Å². The summed E-state index contributed by atoms with van der Waals surface area (Å²) in [4.78, 5) is 0. The minimum absolute atomic E-state index is 0.0868. The van der Waals surface area contributed by atoms with Gasteiger partial charge in [-0.2, -0.15) is 0 Å². The zero-order valence-electron chi connectivity index (χ0n) is 8.92. The van der Waals surface area contributed by atoms with Gasteiger partial charge in [-0.25, -0.2) is 0 Å². The van der Waals surface area contributed by atoms with E-state index in [-0.39, 0.29) is 6.10 Å². The van der Waals surface area contributed by atoms with Crippen LogP contribution in [-0.4, -0.2) is 23.4 Å². The monoisotopic (exact) mass is 174 g/mol. The Labute approximate surface area is 75.9 Å². The van der Waals surface area contributed by atoms with Gasteiger partial charge in [0.2, 0.25) is 0 Å². The minimum Gasteiger partial charge on any atom is -0.388 e.